The fourth-order valence-electron chi connectivity index (χ4n) is 1.94. The lowest BCUT2D eigenvalue weighted by Gasteiger charge is -2.23. The average Bonchev–Trinajstić information content (AvgIpc) is 2.43. The Morgan fingerprint density at radius 1 is 1.19 bits per heavy atom. The third-order valence-corrected chi connectivity index (χ3v) is 3.24. The number of carboxylic acid groups (broad SMARTS) is 1. The van der Waals surface area contributed by atoms with Crippen LogP contribution in [0.4, 0.5) is 10.5 Å². The number of hydrogen-bond donors (Lipinski definition) is 2. The molecule has 0 saturated carbocycles. The molecule has 5 nitrogen and oxygen atoms in total. The zero-order valence-corrected chi connectivity index (χ0v) is 12.8. The number of hydrogen-bond acceptors (Lipinski definition) is 3. The van der Waals surface area contributed by atoms with Crippen LogP contribution in [0, 0.1) is 5.92 Å². The molecule has 0 radical (unpaired) electrons. The maximum Gasteiger partial charge on any atom is 0.319 e. The summed E-state index contributed by atoms with van der Waals surface area (Å²) in [7, 11) is 0. The van der Waals surface area contributed by atoms with Crippen molar-refractivity contribution in [3.05, 3.63) is 29.8 Å². The number of urea groups is 1. The summed E-state index contributed by atoms with van der Waals surface area (Å²) in [6, 6.07) is 6.00. The maximum atomic E-state index is 11.8. The molecule has 0 aromatic heterocycles. The van der Waals surface area contributed by atoms with Crippen molar-refractivity contribution in [2.75, 3.05) is 5.32 Å². The Morgan fingerprint density at radius 3 is 2.29 bits per heavy atom. The molecule has 2 amide bonds. The first kappa shape index (κ1) is 17.0. The highest BCUT2D eigenvalue weighted by atomic mass is 16.4. The predicted molar refractivity (Wildman–Crippen MR) is 80.8 cm³/mol. The van der Waals surface area contributed by atoms with Gasteiger partial charge in [0, 0.05) is 5.69 Å². The molecule has 21 heavy (non-hydrogen) atoms. The van der Waals surface area contributed by atoms with E-state index in [1.807, 2.05) is 24.3 Å². The van der Waals surface area contributed by atoms with Crippen molar-refractivity contribution in [1.82, 2.24) is 5.32 Å². The second-order valence-corrected chi connectivity index (χ2v) is 5.44. The number of benzene rings is 1. The van der Waals surface area contributed by atoms with Gasteiger partial charge in [0.1, 0.15) is 0 Å². The first-order valence-electron chi connectivity index (χ1n) is 7.31. The molecule has 0 spiro atoms. The summed E-state index contributed by atoms with van der Waals surface area (Å²) in [5, 5.41) is 15.9. The Kier molecular flexibility index (Phi) is 6.72. The highest BCUT2D eigenvalue weighted by molar-refractivity contribution is 5.92. The lowest BCUT2D eigenvalue weighted by Crippen LogP contribution is -2.51. The molecule has 116 valence electrons. The van der Waals surface area contributed by atoms with Crippen LogP contribution in [-0.2, 0) is 11.2 Å². The molecule has 0 aliphatic heterocycles. The summed E-state index contributed by atoms with van der Waals surface area (Å²) in [4.78, 5) is 22.7. The number of rotatable bonds is 7. The van der Waals surface area contributed by atoms with Crippen LogP contribution < -0.4 is 15.7 Å². The van der Waals surface area contributed by atoms with E-state index in [9.17, 15) is 14.7 Å². The topological polar surface area (TPSA) is 81.3 Å². The van der Waals surface area contributed by atoms with Gasteiger partial charge in [-0.3, -0.25) is 0 Å². The number of unbranched alkanes of at least 4 members (excludes halogenated alkanes) is 1. The summed E-state index contributed by atoms with van der Waals surface area (Å²) in [6.07, 6.45) is 3.29. The van der Waals surface area contributed by atoms with Gasteiger partial charge in [-0.05, 0) is 36.5 Å². The summed E-state index contributed by atoms with van der Waals surface area (Å²) in [6.45, 7) is 5.56. The van der Waals surface area contributed by atoms with E-state index < -0.39 is 18.0 Å². The molecule has 1 aromatic rings. The molecule has 1 atom stereocenters. The molecule has 1 rings (SSSR count). The Hall–Kier alpha value is -2.04. The molecule has 2 N–H and O–H groups in total. The second kappa shape index (κ2) is 8.29. The molecule has 5 heteroatoms. The van der Waals surface area contributed by atoms with E-state index in [-0.39, 0.29) is 5.92 Å². The Labute approximate surface area is 125 Å². The first-order valence-corrected chi connectivity index (χ1v) is 7.31. The van der Waals surface area contributed by atoms with E-state index in [1.54, 1.807) is 13.8 Å². The lowest BCUT2D eigenvalue weighted by molar-refractivity contribution is -0.309. The number of nitrogens with one attached hydrogen (secondary N) is 2. The molecule has 0 unspecified atom stereocenters. The Balaban J connectivity index is 2.56. The minimum Gasteiger partial charge on any atom is -0.548 e. The van der Waals surface area contributed by atoms with Crippen molar-refractivity contribution < 1.29 is 14.7 Å². The molecule has 0 aliphatic carbocycles. The van der Waals surface area contributed by atoms with Gasteiger partial charge in [-0.1, -0.05) is 39.3 Å². The fourth-order valence-corrected chi connectivity index (χ4v) is 1.94. The van der Waals surface area contributed by atoms with Crippen LogP contribution in [0.2, 0.25) is 0 Å². The zero-order valence-electron chi connectivity index (χ0n) is 12.8. The number of carbonyl (C=O) groups excluding carboxylic acids is 2. The Bertz CT molecular complexity index is 469. The van der Waals surface area contributed by atoms with Crippen LogP contribution in [0.3, 0.4) is 0 Å². The van der Waals surface area contributed by atoms with Crippen LogP contribution >= 0.6 is 0 Å². The lowest BCUT2D eigenvalue weighted by atomic mass is 10.1. The van der Waals surface area contributed by atoms with Gasteiger partial charge in [0.2, 0.25) is 0 Å². The van der Waals surface area contributed by atoms with Crippen LogP contribution in [0.25, 0.3) is 0 Å². The molecule has 1 aromatic carbocycles. The molecule has 0 heterocycles. The van der Waals surface area contributed by atoms with Crippen molar-refractivity contribution in [3.63, 3.8) is 0 Å². The van der Waals surface area contributed by atoms with Gasteiger partial charge in [-0.2, -0.15) is 0 Å². The van der Waals surface area contributed by atoms with E-state index in [1.165, 1.54) is 5.56 Å². The van der Waals surface area contributed by atoms with Gasteiger partial charge in [0.25, 0.3) is 0 Å². The highest BCUT2D eigenvalue weighted by Gasteiger charge is 2.17. The minimum absolute atomic E-state index is 0.239. The number of amides is 2. The van der Waals surface area contributed by atoms with Gasteiger partial charge >= 0.3 is 6.03 Å². The minimum atomic E-state index is -1.28. The van der Waals surface area contributed by atoms with Gasteiger partial charge in [0.15, 0.2) is 0 Å². The molecule has 0 fully saturated rings. The number of anilines is 1. The monoisotopic (exact) mass is 291 g/mol. The fraction of sp³-hybridized carbons (Fsp3) is 0.500. The van der Waals surface area contributed by atoms with Crippen molar-refractivity contribution in [3.8, 4) is 0 Å². The van der Waals surface area contributed by atoms with E-state index in [4.69, 9.17) is 0 Å². The van der Waals surface area contributed by atoms with Gasteiger partial charge in [-0.25, -0.2) is 4.79 Å². The van der Waals surface area contributed by atoms with E-state index in [2.05, 4.69) is 17.6 Å². The average molecular weight is 291 g/mol. The van der Waals surface area contributed by atoms with Crippen LogP contribution in [0.1, 0.15) is 39.2 Å². The summed E-state index contributed by atoms with van der Waals surface area (Å²) < 4.78 is 0. The van der Waals surface area contributed by atoms with E-state index in [0.717, 1.165) is 19.3 Å². The van der Waals surface area contributed by atoms with Crippen molar-refractivity contribution >= 4 is 17.7 Å². The molecule has 0 aliphatic rings. The third kappa shape index (κ3) is 5.85. The number of carbonyl (C=O) groups is 2. The van der Waals surface area contributed by atoms with Gasteiger partial charge in [0.05, 0.1) is 12.0 Å². The molecular weight excluding hydrogens is 268 g/mol. The summed E-state index contributed by atoms with van der Waals surface area (Å²) >= 11 is 0. The van der Waals surface area contributed by atoms with E-state index >= 15 is 0 Å². The predicted octanol–water partition coefficient (Wildman–Crippen LogP) is 1.93. The molecule has 0 saturated heterocycles. The van der Waals surface area contributed by atoms with Gasteiger partial charge in [-0.15, -0.1) is 0 Å². The van der Waals surface area contributed by atoms with E-state index in [0.29, 0.717) is 5.69 Å². The van der Waals surface area contributed by atoms with Crippen LogP contribution in [0.15, 0.2) is 24.3 Å². The highest BCUT2D eigenvalue weighted by Crippen LogP contribution is 2.12. The normalized spacial score (nSPS) is 12.0. The summed E-state index contributed by atoms with van der Waals surface area (Å²) in [5.41, 5.74) is 1.85. The van der Waals surface area contributed by atoms with Gasteiger partial charge < -0.3 is 20.5 Å². The number of aryl methyl sites for hydroxylation is 1. The number of aliphatic carboxylic acids is 1. The van der Waals surface area contributed by atoms with Crippen LogP contribution in [0.5, 0.6) is 0 Å². The van der Waals surface area contributed by atoms with Crippen molar-refractivity contribution in [2.24, 2.45) is 5.92 Å². The smallest absolute Gasteiger partial charge is 0.319 e. The third-order valence-electron chi connectivity index (χ3n) is 3.24. The van der Waals surface area contributed by atoms with Crippen LogP contribution in [-0.4, -0.2) is 18.0 Å². The standard InChI is InChI=1S/C16H24N2O3/c1-4-5-6-12-7-9-13(10-8-12)17-16(21)18-14(11(2)3)15(19)20/h7-11,14H,4-6H2,1-3H3,(H,19,20)(H2,17,18,21)/p-1/t14-/m0/s1. The molecule has 0 bridgehead atoms. The zero-order chi connectivity index (χ0) is 15.8. The molecular formula is C16H23N2O3-. The first-order chi connectivity index (χ1) is 9.93. The SMILES string of the molecule is CCCCc1ccc(NC(=O)N[C@H](C(=O)[O-])C(C)C)cc1. The number of carboxylic acids is 1. The maximum absolute atomic E-state index is 11.8. The van der Waals surface area contributed by atoms with Crippen molar-refractivity contribution in [1.29, 1.82) is 0 Å². The quantitative estimate of drug-likeness (QED) is 0.805. The second-order valence-electron chi connectivity index (χ2n) is 5.44. The summed E-state index contributed by atoms with van der Waals surface area (Å²) in [5.74, 6) is -1.52. The largest absolute Gasteiger partial charge is 0.548 e. The van der Waals surface area contributed by atoms with Crippen molar-refractivity contribution in [2.45, 2.75) is 46.1 Å². The Morgan fingerprint density at radius 2 is 1.81 bits per heavy atom.